The second-order valence-corrected chi connectivity index (χ2v) is 6.46. The number of methoxy groups -OCH3 is 1. The van der Waals surface area contributed by atoms with E-state index in [0.29, 0.717) is 11.3 Å². The molecular formula is C21H23FN2O5. The quantitative estimate of drug-likeness (QED) is 0.592. The number of aliphatic carboxylic acids is 1. The Labute approximate surface area is 167 Å². The predicted octanol–water partition coefficient (Wildman–Crippen LogP) is 1.69. The molecule has 0 aliphatic rings. The molecule has 2 rings (SSSR count). The van der Waals surface area contributed by atoms with Gasteiger partial charge in [-0.1, -0.05) is 36.4 Å². The number of carboxylic acid groups (broad SMARTS) is 1. The van der Waals surface area contributed by atoms with Gasteiger partial charge in [-0.15, -0.1) is 0 Å². The summed E-state index contributed by atoms with van der Waals surface area (Å²) in [5.74, 6) is -2.46. The highest BCUT2D eigenvalue weighted by Gasteiger charge is 2.27. The van der Waals surface area contributed by atoms with E-state index < -0.39 is 35.7 Å². The van der Waals surface area contributed by atoms with Crippen molar-refractivity contribution in [2.45, 2.75) is 31.8 Å². The average Bonchev–Trinajstić information content (AvgIpc) is 2.68. The number of benzene rings is 2. The molecule has 0 unspecified atom stereocenters. The molecule has 8 heteroatoms. The van der Waals surface area contributed by atoms with Crippen molar-refractivity contribution in [1.82, 2.24) is 10.6 Å². The molecule has 2 aromatic carbocycles. The summed E-state index contributed by atoms with van der Waals surface area (Å²) < 4.78 is 19.2. The predicted molar refractivity (Wildman–Crippen MR) is 104 cm³/mol. The molecule has 0 saturated carbocycles. The summed E-state index contributed by atoms with van der Waals surface area (Å²) in [4.78, 5) is 35.9. The van der Waals surface area contributed by atoms with Crippen molar-refractivity contribution in [3.8, 4) is 5.75 Å². The highest BCUT2D eigenvalue weighted by atomic mass is 19.1. The van der Waals surface area contributed by atoms with E-state index in [4.69, 9.17) is 4.74 Å². The highest BCUT2D eigenvalue weighted by Crippen LogP contribution is 2.19. The Morgan fingerprint density at radius 3 is 2.14 bits per heavy atom. The Hall–Kier alpha value is -3.42. The first kappa shape index (κ1) is 21.9. The van der Waals surface area contributed by atoms with Crippen LogP contribution in [0.2, 0.25) is 0 Å². The van der Waals surface area contributed by atoms with Gasteiger partial charge in [-0.05, 0) is 23.3 Å². The standard InChI is InChI=1S/C21H23FN2O5/c1-13(25)23-17(11-14-7-3-5-9-16(14)22)20(26)24-18(21(27)28)12-15-8-4-6-10-19(15)29-2/h3-10,17-18H,11-12H2,1-2H3,(H,23,25)(H,24,26)(H,27,28)/t17-,18-/m0/s1. The van der Waals surface area contributed by atoms with Crippen LogP contribution in [0.5, 0.6) is 5.75 Å². The average molecular weight is 402 g/mol. The maximum Gasteiger partial charge on any atom is 0.326 e. The van der Waals surface area contributed by atoms with Gasteiger partial charge in [-0.2, -0.15) is 0 Å². The molecule has 0 bridgehead atoms. The fourth-order valence-electron chi connectivity index (χ4n) is 2.90. The van der Waals surface area contributed by atoms with Crippen molar-refractivity contribution in [3.63, 3.8) is 0 Å². The van der Waals surface area contributed by atoms with Gasteiger partial charge in [-0.3, -0.25) is 9.59 Å². The largest absolute Gasteiger partial charge is 0.496 e. The molecule has 154 valence electrons. The monoisotopic (exact) mass is 402 g/mol. The summed E-state index contributed by atoms with van der Waals surface area (Å²) in [6, 6.07) is 10.4. The van der Waals surface area contributed by atoms with Crippen molar-refractivity contribution < 1.29 is 28.6 Å². The molecule has 2 aromatic rings. The summed E-state index contributed by atoms with van der Waals surface area (Å²) in [5.41, 5.74) is 0.839. The summed E-state index contributed by atoms with van der Waals surface area (Å²) in [6.45, 7) is 1.23. The molecule has 0 aliphatic heterocycles. The van der Waals surface area contributed by atoms with Crippen LogP contribution in [0.25, 0.3) is 0 Å². The first-order chi connectivity index (χ1) is 13.8. The maximum absolute atomic E-state index is 14.0. The second kappa shape index (κ2) is 10.2. The van der Waals surface area contributed by atoms with E-state index in [9.17, 15) is 23.9 Å². The zero-order valence-electron chi connectivity index (χ0n) is 16.1. The number of hydrogen-bond donors (Lipinski definition) is 3. The lowest BCUT2D eigenvalue weighted by Gasteiger charge is -2.22. The van der Waals surface area contributed by atoms with Crippen LogP contribution in [-0.4, -0.2) is 42.1 Å². The number of carboxylic acids is 1. The van der Waals surface area contributed by atoms with Crippen molar-refractivity contribution in [2.24, 2.45) is 0 Å². The van der Waals surface area contributed by atoms with Gasteiger partial charge in [0.2, 0.25) is 11.8 Å². The molecule has 0 aliphatic carbocycles. The molecule has 0 heterocycles. The fourth-order valence-corrected chi connectivity index (χ4v) is 2.90. The second-order valence-electron chi connectivity index (χ2n) is 6.46. The topological polar surface area (TPSA) is 105 Å². The van der Waals surface area contributed by atoms with Crippen LogP contribution in [0.1, 0.15) is 18.1 Å². The third kappa shape index (κ3) is 6.31. The minimum Gasteiger partial charge on any atom is -0.496 e. The summed E-state index contributed by atoms with van der Waals surface area (Å²) >= 11 is 0. The lowest BCUT2D eigenvalue weighted by atomic mass is 10.0. The first-order valence-corrected chi connectivity index (χ1v) is 8.97. The van der Waals surface area contributed by atoms with Gasteiger partial charge in [0.05, 0.1) is 7.11 Å². The molecule has 3 N–H and O–H groups in total. The highest BCUT2D eigenvalue weighted by molar-refractivity contribution is 5.90. The molecule has 7 nitrogen and oxygen atoms in total. The molecule has 0 saturated heterocycles. The first-order valence-electron chi connectivity index (χ1n) is 8.97. The van der Waals surface area contributed by atoms with Crippen molar-refractivity contribution in [2.75, 3.05) is 7.11 Å². The van der Waals surface area contributed by atoms with Crippen LogP contribution in [0, 0.1) is 5.82 Å². The molecule has 2 atom stereocenters. The zero-order valence-corrected chi connectivity index (χ0v) is 16.1. The number of rotatable bonds is 9. The van der Waals surface area contributed by atoms with E-state index in [-0.39, 0.29) is 18.4 Å². The molecule has 0 spiro atoms. The van der Waals surface area contributed by atoms with Gasteiger partial charge >= 0.3 is 5.97 Å². The van der Waals surface area contributed by atoms with Gasteiger partial charge in [0.15, 0.2) is 0 Å². The number of amides is 2. The van der Waals surface area contributed by atoms with Gasteiger partial charge in [0.25, 0.3) is 0 Å². The number of hydrogen-bond acceptors (Lipinski definition) is 4. The van der Waals surface area contributed by atoms with Crippen LogP contribution in [0.15, 0.2) is 48.5 Å². The van der Waals surface area contributed by atoms with Crippen LogP contribution < -0.4 is 15.4 Å². The zero-order chi connectivity index (χ0) is 21.4. The van der Waals surface area contributed by atoms with E-state index in [1.54, 1.807) is 30.3 Å². The Bertz CT molecular complexity index is 887. The number of carbonyl (C=O) groups is 3. The third-order valence-corrected chi connectivity index (χ3v) is 4.31. The van der Waals surface area contributed by atoms with E-state index >= 15 is 0 Å². The summed E-state index contributed by atoms with van der Waals surface area (Å²) in [7, 11) is 1.47. The van der Waals surface area contributed by atoms with Crippen molar-refractivity contribution >= 4 is 17.8 Å². The molecule has 0 aromatic heterocycles. The maximum atomic E-state index is 14.0. The molecule has 0 fully saturated rings. The van der Waals surface area contributed by atoms with Crippen LogP contribution in [0.3, 0.4) is 0 Å². The molecule has 2 amide bonds. The Balaban J connectivity index is 2.18. The number of ether oxygens (including phenoxy) is 1. The van der Waals surface area contributed by atoms with Crippen molar-refractivity contribution in [1.29, 1.82) is 0 Å². The minimum atomic E-state index is -1.25. The Morgan fingerprint density at radius 1 is 0.966 bits per heavy atom. The van der Waals surface area contributed by atoms with E-state index in [1.807, 2.05) is 0 Å². The van der Waals surface area contributed by atoms with Crippen molar-refractivity contribution in [3.05, 3.63) is 65.5 Å². The van der Waals surface area contributed by atoms with Crippen LogP contribution in [0.4, 0.5) is 4.39 Å². The van der Waals surface area contributed by atoms with Gasteiger partial charge < -0.3 is 20.5 Å². The van der Waals surface area contributed by atoms with Gasteiger partial charge in [-0.25, -0.2) is 9.18 Å². The van der Waals surface area contributed by atoms with Gasteiger partial charge in [0.1, 0.15) is 23.7 Å². The van der Waals surface area contributed by atoms with E-state index in [1.165, 1.54) is 32.2 Å². The number of nitrogens with one attached hydrogen (secondary N) is 2. The smallest absolute Gasteiger partial charge is 0.326 e. The van der Waals surface area contributed by atoms with E-state index in [2.05, 4.69) is 10.6 Å². The normalized spacial score (nSPS) is 12.5. The molecule has 29 heavy (non-hydrogen) atoms. The number of para-hydroxylation sites is 1. The Kier molecular flexibility index (Phi) is 7.70. The van der Waals surface area contributed by atoms with Crippen LogP contribution in [-0.2, 0) is 27.2 Å². The van der Waals surface area contributed by atoms with Gasteiger partial charge in [0, 0.05) is 19.8 Å². The third-order valence-electron chi connectivity index (χ3n) is 4.31. The minimum absolute atomic E-state index is 0.0163. The fraction of sp³-hybridized carbons (Fsp3) is 0.286. The van der Waals surface area contributed by atoms with Crippen LogP contribution >= 0.6 is 0 Å². The number of carbonyl (C=O) groups excluding carboxylic acids is 2. The molecular weight excluding hydrogens is 379 g/mol. The SMILES string of the molecule is COc1ccccc1C[C@H](NC(=O)[C@H](Cc1ccccc1F)NC(C)=O)C(=O)O. The summed E-state index contributed by atoms with van der Waals surface area (Å²) in [5, 5.41) is 14.4. The summed E-state index contributed by atoms with van der Waals surface area (Å²) in [6.07, 6.45) is -0.128. The Morgan fingerprint density at radius 2 is 1.55 bits per heavy atom. The lowest BCUT2D eigenvalue weighted by molar-refractivity contribution is -0.142. The van der Waals surface area contributed by atoms with E-state index in [0.717, 1.165) is 0 Å². The lowest BCUT2D eigenvalue weighted by Crippen LogP contribution is -2.52. The number of halogens is 1. The molecule has 0 radical (unpaired) electrons.